The topological polar surface area (TPSA) is 6.25 Å². The molecule has 0 N–H and O–H groups in total. The molecule has 1 aromatic carbocycles. The predicted molar refractivity (Wildman–Crippen MR) is 75.0 cm³/mol. The van der Waals surface area contributed by atoms with Gasteiger partial charge in [-0.1, -0.05) is 36.2 Å². The van der Waals surface area contributed by atoms with Crippen molar-refractivity contribution in [2.24, 2.45) is 5.92 Å². The van der Waals surface area contributed by atoms with Gasteiger partial charge < -0.3 is 0 Å². The summed E-state index contributed by atoms with van der Waals surface area (Å²) in [6.45, 7) is 6.88. The Hall–Kier alpha value is -1.31. The summed E-state index contributed by atoms with van der Waals surface area (Å²) in [7, 11) is 0. The molecule has 0 spiro atoms. The second kappa shape index (κ2) is 5.13. The van der Waals surface area contributed by atoms with Crippen molar-refractivity contribution in [3.63, 3.8) is 0 Å². The second-order valence-corrected chi connectivity index (χ2v) is 5.86. The lowest BCUT2D eigenvalue weighted by atomic mass is 9.85. The second-order valence-electron chi connectivity index (χ2n) is 5.86. The molecule has 0 atom stereocenters. The van der Waals surface area contributed by atoms with Crippen molar-refractivity contribution in [1.29, 1.82) is 0 Å². The minimum Gasteiger partial charge on any atom is -0.264 e. The molecule has 0 saturated heterocycles. The van der Waals surface area contributed by atoms with Gasteiger partial charge in [0.25, 0.3) is 0 Å². The molecule has 2 aliphatic rings. The van der Waals surface area contributed by atoms with Crippen LogP contribution in [0.1, 0.15) is 30.4 Å². The highest BCUT2D eigenvalue weighted by atomic mass is 15.3. The van der Waals surface area contributed by atoms with Gasteiger partial charge in [-0.15, -0.1) is 0 Å². The lowest BCUT2D eigenvalue weighted by Crippen LogP contribution is -2.30. The minimum atomic E-state index is 0.973. The molecule has 0 aromatic heterocycles. The Morgan fingerprint density at radius 3 is 2.67 bits per heavy atom. The minimum absolute atomic E-state index is 0.973. The molecule has 96 valence electrons. The molecule has 3 rings (SSSR count). The van der Waals surface area contributed by atoms with Crippen LogP contribution in [-0.2, 0) is 6.54 Å². The summed E-state index contributed by atoms with van der Waals surface area (Å²) < 4.78 is 2.45. The molecule has 0 bridgehead atoms. The van der Waals surface area contributed by atoms with Gasteiger partial charge in [-0.3, -0.25) is 9.48 Å². The largest absolute Gasteiger partial charge is 0.264 e. The lowest BCUT2D eigenvalue weighted by molar-refractivity contribution is -0.530. The van der Waals surface area contributed by atoms with E-state index >= 15 is 0 Å². The molecule has 18 heavy (non-hydrogen) atoms. The van der Waals surface area contributed by atoms with Crippen LogP contribution >= 0.6 is 0 Å². The fourth-order valence-electron chi connectivity index (χ4n) is 2.80. The number of aryl methyl sites for hydroxylation is 1. The Kier molecular flexibility index (Phi) is 3.35. The van der Waals surface area contributed by atoms with Gasteiger partial charge >= 0.3 is 0 Å². The highest BCUT2D eigenvalue weighted by Gasteiger charge is 2.26. The van der Waals surface area contributed by atoms with Gasteiger partial charge in [0.2, 0.25) is 6.34 Å². The monoisotopic (exact) mass is 243 g/mol. The summed E-state index contributed by atoms with van der Waals surface area (Å²) >= 11 is 0. The van der Waals surface area contributed by atoms with E-state index in [4.69, 9.17) is 0 Å². The highest BCUT2D eigenvalue weighted by molar-refractivity contribution is 5.50. The zero-order chi connectivity index (χ0) is 12.4. The van der Waals surface area contributed by atoms with Crippen LogP contribution in [0, 0.1) is 12.8 Å². The maximum atomic E-state index is 2.51. The lowest BCUT2D eigenvalue weighted by Gasteiger charge is -2.25. The molecule has 1 fully saturated rings. The first-order valence-corrected chi connectivity index (χ1v) is 7.18. The van der Waals surface area contributed by atoms with E-state index in [0.29, 0.717) is 0 Å². The first kappa shape index (κ1) is 11.8. The van der Waals surface area contributed by atoms with Crippen LogP contribution in [-0.4, -0.2) is 35.4 Å². The van der Waals surface area contributed by atoms with Crippen LogP contribution in [0.5, 0.6) is 0 Å². The maximum Gasteiger partial charge on any atom is 0.234 e. The van der Waals surface area contributed by atoms with Crippen LogP contribution in [0.3, 0.4) is 0 Å². The molecule has 2 nitrogen and oxygen atoms in total. The molecule has 1 aromatic rings. The SMILES string of the molecule is Cc1ccc(C[N+]2=CN(CC3CCC3)CC2)cc1. The summed E-state index contributed by atoms with van der Waals surface area (Å²) in [6, 6.07) is 8.91. The van der Waals surface area contributed by atoms with E-state index in [-0.39, 0.29) is 0 Å². The fourth-order valence-corrected chi connectivity index (χ4v) is 2.80. The Morgan fingerprint density at radius 2 is 2.00 bits per heavy atom. The average Bonchev–Trinajstić information content (AvgIpc) is 2.75. The molecule has 1 aliphatic carbocycles. The molecule has 0 radical (unpaired) electrons. The van der Waals surface area contributed by atoms with Crippen molar-refractivity contribution in [3.8, 4) is 0 Å². The summed E-state index contributed by atoms with van der Waals surface area (Å²) in [5.74, 6) is 0.973. The number of hydrogen-bond acceptors (Lipinski definition) is 1. The number of rotatable bonds is 4. The summed E-state index contributed by atoms with van der Waals surface area (Å²) in [5, 5.41) is 0. The van der Waals surface area contributed by atoms with E-state index in [9.17, 15) is 0 Å². The van der Waals surface area contributed by atoms with Crippen molar-refractivity contribution < 1.29 is 4.58 Å². The van der Waals surface area contributed by atoms with Crippen LogP contribution in [0.25, 0.3) is 0 Å². The third-order valence-corrected chi connectivity index (χ3v) is 4.22. The summed E-state index contributed by atoms with van der Waals surface area (Å²) in [6.07, 6.45) is 6.69. The first-order chi connectivity index (χ1) is 8.79. The predicted octanol–water partition coefficient (Wildman–Crippen LogP) is 2.65. The third-order valence-electron chi connectivity index (χ3n) is 4.22. The van der Waals surface area contributed by atoms with Gasteiger partial charge in [0, 0.05) is 0 Å². The maximum absolute atomic E-state index is 2.51. The van der Waals surface area contributed by atoms with Gasteiger partial charge in [0.05, 0.1) is 6.54 Å². The molecular weight excluding hydrogens is 220 g/mol. The van der Waals surface area contributed by atoms with E-state index in [1.165, 1.54) is 50.0 Å². The quantitative estimate of drug-likeness (QED) is 0.737. The van der Waals surface area contributed by atoms with Gasteiger partial charge in [-0.05, 0) is 31.2 Å². The van der Waals surface area contributed by atoms with Crippen LogP contribution in [0.2, 0.25) is 0 Å². The smallest absolute Gasteiger partial charge is 0.234 e. The van der Waals surface area contributed by atoms with E-state index in [2.05, 4.69) is 47.0 Å². The fraction of sp³-hybridized carbons (Fsp3) is 0.562. The molecule has 2 heteroatoms. The van der Waals surface area contributed by atoms with Crippen molar-refractivity contribution in [3.05, 3.63) is 35.4 Å². The molecule has 0 unspecified atom stereocenters. The van der Waals surface area contributed by atoms with Gasteiger partial charge in [0.1, 0.15) is 19.6 Å². The van der Waals surface area contributed by atoms with Gasteiger partial charge in [0.15, 0.2) is 0 Å². The Labute approximate surface area is 110 Å². The standard InChI is InChI=1S/C16H23N2/c1-14-5-7-16(8-6-14)12-18-10-9-17(13-18)11-15-3-2-4-15/h5-8,13,15H,2-4,9-12H2,1H3/q+1. The van der Waals surface area contributed by atoms with Crippen LogP contribution in [0.4, 0.5) is 0 Å². The van der Waals surface area contributed by atoms with Gasteiger partial charge in [-0.2, -0.15) is 0 Å². The van der Waals surface area contributed by atoms with Crippen LogP contribution < -0.4 is 0 Å². The van der Waals surface area contributed by atoms with Crippen molar-refractivity contribution in [2.45, 2.75) is 32.7 Å². The molecular formula is C16H23N2+. The Bertz CT molecular complexity index is 429. The molecule has 1 saturated carbocycles. The zero-order valence-electron chi connectivity index (χ0n) is 11.3. The first-order valence-electron chi connectivity index (χ1n) is 7.18. The van der Waals surface area contributed by atoms with Gasteiger partial charge in [-0.25, -0.2) is 0 Å². The van der Waals surface area contributed by atoms with E-state index in [0.717, 1.165) is 12.5 Å². The number of hydrogen-bond donors (Lipinski definition) is 0. The number of nitrogens with zero attached hydrogens (tertiary/aromatic N) is 2. The highest BCUT2D eigenvalue weighted by Crippen LogP contribution is 2.27. The molecule has 1 aliphatic heterocycles. The third kappa shape index (κ3) is 2.74. The van der Waals surface area contributed by atoms with Crippen molar-refractivity contribution in [2.75, 3.05) is 19.6 Å². The van der Waals surface area contributed by atoms with Crippen molar-refractivity contribution >= 4 is 6.34 Å². The average molecular weight is 243 g/mol. The van der Waals surface area contributed by atoms with E-state index in [1.54, 1.807) is 0 Å². The van der Waals surface area contributed by atoms with E-state index in [1.807, 2.05) is 0 Å². The van der Waals surface area contributed by atoms with Crippen molar-refractivity contribution in [1.82, 2.24) is 4.90 Å². The summed E-state index contributed by atoms with van der Waals surface area (Å²) in [5.41, 5.74) is 2.76. The molecule has 0 amide bonds. The number of benzene rings is 1. The molecule has 1 heterocycles. The Balaban J connectivity index is 1.56. The van der Waals surface area contributed by atoms with E-state index < -0.39 is 0 Å². The van der Waals surface area contributed by atoms with Crippen LogP contribution in [0.15, 0.2) is 24.3 Å². The normalized spacial score (nSPS) is 19.8. The Morgan fingerprint density at radius 1 is 1.22 bits per heavy atom. The summed E-state index contributed by atoms with van der Waals surface area (Å²) in [4.78, 5) is 2.51. The zero-order valence-corrected chi connectivity index (χ0v) is 11.3.